The summed E-state index contributed by atoms with van der Waals surface area (Å²) in [7, 11) is 0. The lowest BCUT2D eigenvalue weighted by Gasteiger charge is -2.18. The Labute approximate surface area is 138 Å². The number of amides is 2. The maximum Gasteiger partial charge on any atom is 0.262 e. The second-order valence-electron chi connectivity index (χ2n) is 5.67. The number of benzene rings is 1. The molecule has 5 nitrogen and oxygen atoms in total. The third kappa shape index (κ3) is 3.79. The van der Waals surface area contributed by atoms with Crippen LogP contribution in [0.1, 0.15) is 12.8 Å². The molecule has 0 bridgehead atoms. The van der Waals surface area contributed by atoms with Gasteiger partial charge in [0.1, 0.15) is 6.04 Å². The van der Waals surface area contributed by atoms with Gasteiger partial charge in [-0.15, -0.1) is 12.4 Å². The van der Waals surface area contributed by atoms with Crippen molar-refractivity contribution < 1.29 is 18.4 Å². The van der Waals surface area contributed by atoms with E-state index < -0.39 is 36.9 Å². The lowest BCUT2D eigenvalue weighted by molar-refractivity contribution is -0.127. The lowest BCUT2D eigenvalue weighted by atomic mass is 10.1. The van der Waals surface area contributed by atoms with E-state index in [1.807, 2.05) is 30.3 Å². The molecule has 3 rings (SSSR count). The van der Waals surface area contributed by atoms with Crippen LogP contribution in [0.15, 0.2) is 30.3 Å². The van der Waals surface area contributed by atoms with Crippen LogP contribution in [0.5, 0.6) is 0 Å². The maximum atomic E-state index is 13.1. The zero-order chi connectivity index (χ0) is 15.7. The second kappa shape index (κ2) is 6.80. The van der Waals surface area contributed by atoms with E-state index in [1.54, 1.807) is 4.90 Å². The number of nitrogens with zero attached hydrogens (tertiary/aromatic N) is 1. The van der Waals surface area contributed by atoms with Crippen molar-refractivity contribution in [1.29, 1.82) is 0 Å². The number of carbonyl (C=O) groups is 2. The summed E-state index contributed by atoms with van der Waals surface area (Å²) < 4.78 is 26.2. The van der Waals surface area contributed by atoms with Gasteiger partial charge in [-0.2, -0.15) is 0 Å². The van der Waals surface area contributed by atoms with E-state index in [0.717, 1.165) is 5.69 Å². The molecule has 23 heavy (non-hydrogen) atoms. The largest absolute Gasteiger partial charge is 0.343 e. The molecule has 2 aliphatic heterocycles. The predicted molar refractivity (Wildman–Crippen MR) is 83.9 cm³/mol. The molecule has 8 heteroatoms. The van der Waals surface area contributed by atoms with Gasteiger partial charge in [-0.05, 0) is 18.6 Å². The van der Waals surface area contributed by atoms with Gasteiger partial charge in [0, 0.05) is 18.7 Å². The second-order valence-corrected chi connectivity index (χ2v) is 5.67. The minimum Gasteiger partial charge on any atom is -0.343 e. The summed E-state index contributed by atoms with van der Waals surface area (Å²) in [5.41, 5.74) is 0.773. The van der Waals surface area contributed by atoms with E-state index in [-0.39, 0.29) is 18.3 Å². The van der Waals surface area contributed by atoms with Crippen molar-refractivity contribution >= 4 is 29.9 Å². The van der Waals surface area contributed by atoms with Crippen LogP contribution in [-0.4, -0.2) is 42.9 Å². The Morgan fingerprint density at radius 1 is 1.30 bits per heavy atom. The molecule has 2 amide bonds. The summed E-state index contributed by atoms with van der Waals surface area (Å²) in [5.74, 6) is -3.60. The minimum atomic E-state index is -2.86. The van der Waals surface area contributed by atoms with Crippen molar-refractivity contribution in [2.75, 3.05) is 18.0 Å². The first-order valence-electron chi connectivity index (χ1n) is 7.24. The van der Waals surface area contributed by atoms with E-state index in [2.05, 4.69) is 10.6 Å². The van der Waals surface area contributed by atoms with Gasteiger partial charge in [-0.1, -0.05) is 18.2 Å². The van der Waals surface area contributed by atoms with Crippen LogP contribution < -0.4 is 15.5 Å². The standard InChI is InChI=1S/C15H17F2N3O2.ClH/c16-15(17)8-12(18-9-15)13(21)19-11-6-7-20(14(11)22)10-4-2-1-3-5-10;/h1-5,11-12,18H,6-9H2,(H,19,21);1H. The normalized spacial score (nSPS) is 26.0. The number of nitrogens with one attached hydrogen (secondary N) is 2. The number of halogens is 3. The highest BCUT2D eigenvalue weighted by molar-refractivity contribution is 6.01. The van der Waals surface area contributed by atoms with Gasteiger partial charge in [0.25, 0.3) is 5.92 Å². The van der Waals surface area contributed by atoms with Crippen molar-refractivity contribution in [3.8, 4) is 0 Å². The van der Waals surface area contributed by atoms with Crippen molar-refractivity contribution in [1.82, 2.24) is 10.6 Å². The number of hydrogen-bond donors (Lipinski definition) is 2. The lowest BCUT2D eigenvalue weighted by Crippen LogP contribution is -2.48. The molecule has 2 unspecified atom stereocenters. The number of rotatable bonds is 3. The summed E-state index contributed by atoms with van der Waals surface area (Å²) in [6.45, 7) is 0.00187. The molecule has 2 heterocycles. The Bertz CT molecular complexity index is 585. The van der Waals surface area contributed by atoms with Crippen LogP contribution in [0.4, 0.5) is 14.5 Å². The molecule has 0 aromatic heterocycles. The molecule has 2 saturated heterocycles. The first kappa shape index (κ1) is 17.6. The van der Waals surface area contributed by atoms with Gasteiger partial charge >= 0.3 is 0 Å². The van der Waals surface area contributed by atoms with Gasteiger partial charge in [0.2, 0.25) is 11.8 Å². The molecule has 126 valence electrons. The van der Waals surface area contributed by atoms with Crippen molar-refractivity contribution in [2.24, 2.45) is 0 Å². The van der Waals surface area contributed by atoms with Crippen molar-refractivity contribution in [2.45, 2.75) is 30.8 Å². The zero-order valence-corrected chi connectivity index (χ0v) is 13.1. The van der Waals surface area contributed by atoms with E-state index in [9.17, 15) is 18.4 Å². The molecular formula is C15H18ClF2N3O2. The SMILES string of the molecule is Cl.O=C(NC1CCN(c2ccccc2)C1=O)C1CC(F)(F)CN1. The molecule has 1 aromatic carbocycles. The van der Waals surface area contributed by atoms with Gasteiger partial charge in [0.15, 0.2) is 0 Å². The summed E-state index contributed by atoms with van der Waals surface area (Å²) in [6.07, 6.45) is -0.0509. The highest BCUT2D eigenvalue weighted by Gasteiger charge is 2.43. The summed E-state index contributed by atoms with van der Waals surface area (Å²) >= 11 is 0. The van der Waals surface area contributed by atoms with Crippen LogP contribution in [0.3, 0.4) is 0 Å². The number of para-hydroxylation sites is 1. The molecule has 0 spiro atoms. The number of hydrogen-bond acceptors (Lipinski definition) is 3. The Morgan fingerprint density at radius 3 is 2.61 bits per heavy atom. The molecule has 2 atom stereocenters. The van der Waals surface area contributed by atoms with Gasteiger partial charge in [0.05, 0.1) is 12.6 Å². The fourth-order valence-corrected chi connectivity index (χ4v) is 2.85. The monoisotopic (exact) mass is 345 g/mol. The average Bonchev–Trinajstić information content (AvgIpc) is 3.03. The molecule has 2 fully saturated rings. The van der Waals surface area contributed by atoms with Crippen molar-refractivity contribution in [3.63, 3.8) is 0 Å². The van der Waals surface area contributed by atoms with E-state index in [1.165, 1.54) is 0 Å². The third-order valence-corrected chi connectivity index (χ3v) is 4.02. The van der Waals surface area contributed by atoms with Crippen LogP contribution >= 0.6 is 12.4 Å². The summed E-state index contributed by atoms with van der Waals surface area (Å²) in [5, 5.41) is 5.07. The summed E-state index contributed by atoms with van der Waals surface area (Å²) in [4.78, 5) is 25.9. The highest BCUT2D eigenvalue weighted by atomic mass is 35.5. The highest BCUT2D eigenvalue weighted by Crippen LogP contribution is 2.26. The molecule has 2 N–H and O–H groups in total. The topological polar surface area (TPSA) is 61.4 Å². The van der Waals surface area contributed by atoms with Crippen LogP contribution in [0, 0.1) is 0 Å². The minimum absolute atomic E-state index is 0. The average molecular weight is 346 g/mol. The summed E-state index contributed by atoms with van der Waals surface area (Å²) in [6, 6.07) is 7.58. The first-order chi connectivity index (χ1) is 10.5. The Hall–Kier alpha value is -1.73. The fourth-order valence-electron chi connectivity index (χ4n) is 2.85. The molecule has 2 aliphatic rings. The van der Waals surface area contributed by atoms with E-state index in [0.29, 0.717) is 13.0 Å². The predicted octanol–water partition coefficient (Wildman–Crippen LogP) is 1.33. The molecule has 0 radical (unpaired) electrons. The van der Waals surface area contributed by atoms with Crippen LogP contribution in [0.2, 0.25) is 0 Å². The van der Waals surface area contributed by atoms with Crippen molar-refractivity contribution in [3.05, 3.63) is 30.3 Å². The van der Waals surface area contributed by atoms with Crippen LogP contribution in [0.25, 0.3) is 0 Å². The maximum absolute atomic E-state index is 13.1. The van der Waals surface area contributed by atoms with Gasteiger partial charge in [-0.25, -0.2) is 8.78 Å². The molecule has 0 aliphatic carbocycles. The fraction of sp³-hybridized carbons (Fsp3) is 0.467. The Kier molecular flexibility index (Phi) is 5.21. The number of anilines is 1. The van der Waals surface area contributed by atoms with Gasteiger partial charge in [-0.3, -0.25) is 14.9 Å². The zero-order valence-electron chi connectivity index (χ0n) is 12.3. The van der Waals surface area contributed by atoms with Gasteiger partial charge < -0.3 is 10.2 Å². The smallest absolute Gasteiger partial charge is 0.262 e. The molecular weight excluding hydrogens is 328 g/mol. The van der Waals surface area contributed by atoms with Crippen LogP contribution in [-0.2, 0) is 9.59 Å². The number of alkyl halides is 2. The van der Waals surface area contributed by atoms with E-state index >= 15 is 0 Å². The number of carbonyl (C=O) groups excluding carboxylic acids is 2. The Balaban J connectivity index is 0.00000192. The Morgan fingerprint density at radius 2 is 2.00 bits per heavy atom. The van der Waals surface area contributed by atoms with E-state index in [4.69, 9.17) is 0 Å². The first-order valence-corrected chi connectivity index (χ1v) is 7.24. The third-order valence-electron chi connectivity index (χ3n) is 4.02. The molecule has 0 saturated carbocycles. The quantitative estimate of drug-likeness (QED) is 0.868. The molecule has 1 aromatic rings.